The van der Waals surface area contributed by atoms with Crippen molar-refractivity contribution in [2.24, 2.45) is 5.92 Å². The zero-order chi connectivity index (χ0) is 35.9. The fraction of sp³-hybridized carbons (Fsp3) is 0.160. The summed E-state index contributed by atoms with van der Waals surface area (Å²) in [6.45, 7) is 13.2. The van der Waals surface area contributed by atoms with Crippen LogP contribution in [-0.2, 0) is 0 Å². The van der Waals surface area contributed by atoms with Crippen molar-refractivity contribution < 1.29 is 0 Å². The molecular weight excluding hydrogens is 629 g/mol. The van der Waals surface area contributed by atoms with E-state index in [-0.39, 0.29) is 12.0 Å². The molecule has 2 atom stereocenters. The Morgan fingerprint density at radius 1 is 0.500 bits per heavy atom. The molecule has 0 saturated heterocycles. The summed E-state index contributed by atoms with van der Waals surface area (Å²) < 4.78 is 0. The molecule has 0 N–H and O–H groups in total. The number of rotatable bonds is 7. The van der Waals surface area contributed by atoms with Crippen LogP contribution in [0.25, 0.3) is 16.3 Å². The van der Waals surface area contributed by atoms with Crippen LogP contribution in [0.3, 0.4) is 0 Å². The Kier molecular flexibility index (Phi) is 8.77. The first-order valence-electron chi connectivity index (χ1n) is 18.4. The number of anilines is 5. The molecular formula is C50H46N2. The molecule has 0 fully saturated rings. The summed E-state index contributed by atoms with van der Waals surface area (Å²) in [5.41, 5.74) is 17.5. The normalized spacial score (nSPS) is 16.5. The average Bonchev–Trinajstić information content (AvgIpc) is 3.16. The van der Waals surface area contributed by atoms with Crippen molar-refractivity contribution in [3.05, 3.63) is 202 Å². The van der Waals surface area contributed by atoms with E-state index in [2.05, 4.69) is 209 Å². The maximum atomic E-state index is 2.54. The molecule has 0 bridgehead atoms. The molecule has 2 aliphatic carbocycles. The molecule has 256 valence electrons. The largest absolute Gasteiger partial charge is 0.333 e. The molecule has 2 aliphatic rings. The van der Waals surface area contributed by atoms with E-state index in [1.54, 1.807) is 0 Å². The van der Waals surface area contributed by atoms with E-state index in [0.717, 1.165) is 11.4 Å². The minimum atomic E-state index is 0.121. The maximum absolute atomic E-state index is 2.54. The summed E-state index contributed by atoms with van der Waals surface area (Å²) in [6, 6.07) is 47.3. The summed E-state index contributed by atoms with van der Waals surface area (Å²) in [4.78, 5) is 4.98. The van der Waals surface area contributed by atoms with Gasteiger partial charge in [0.2, 0.25) is 0 Å². The van der Waals surface area contributed by atoms with Gasteiger partial charge < -0.3 is 9.80 Å². The number of hydrogen-bond donors (Lipinski definition) is 0. The van der Waals surface area contributed by atoms with Crippen molar-refractivity contribution in [1.29, 1.82) is 0 Å². The van der Waals surface area contributed by atoms with Gasteiger partial charge in [0.25, 0.3) is 0 Å². The fourth-order valence-electron chi connectivity index (χ4n) is 8.07. The van der Waals surface area contributed by atoms with E-state index in [1.165, 1.54) is 77.9 Å². The highest BCUT2D eigenvalue weighted by molar-refractivity contribution is 6.07. The summed E-state index contributed by atoms with van der Waals surface area (Å²) in [5.74, 6) is 0.169. The lowest BCUT2D eigenvalue weighted by atomic mass is 9.74. The topological polar surface area (TPSA) is 6.48 Å². The predicted molar refractivity (Wildman–Crippen MR) is 224 cm³/mol. The Labute approximate surface area is 309 Å². The van der Waals surface area contributed by atoms with Crippen molar-refractivity contribution in [3.63, 3.8) is 0 Å². The first-order chi connectivity index (χ1) is 25.3. The highest BCUT2D eigenvalue weighted by Gasteiger charge is 2.36. The first kappa shape index (κ1) is 33.3. The summed E-state index contributed by atoms with van der Waals surface area (Å²) in [5, 5.41) is 2.50. The van der Waals surface area contributed by atoms with Gasteiger partial charge in [-0.3, -0.25) is 0 Å². The summed E-state index contributed by atoms with van der Waals surface area (Å²) in [7, 11) is 0. The van der Waals surface area contributed by atoms with Gasteiger partial charge in [-0.15, -0.1) is 0 Å². The Balaban J connectivity index is 1.31. The Morgan fingerprint density at radius 2 is 0.981 bits per heavy atom. The van der Waals surface area contributed by atoms with Crippen molar-refractivity contribution in [3.8, 4) is 0 Å². The smallest absolute Gasteiger partial charge is 0.0655 e. The number of nitrogens with zero attached hydrogens (tertiary/aromatic N) is 2. The second-order valence-corrected chi connectivity index (χ2v) is 14.7. The van der Waals surface area contributed by atoms with Crippen LogP contribution >= 0.6 is 0 Å². The van der Waals surface area contributed by atoms with E-state index in [1.807, 2.05) is 0 Å². The molecule has 0 aromatic heterocycles. The highest BCUT2D eigenvalue weighted by Crippen LogP contribution is 2.48. The zero-order valence-corrected chi connectivity index (χ0v) is 31.1. The van der Waals surface area contributed by atoms with Crippen molar-refractivity contribution >= 4 is 44.8 Å². The van der Waals surface area contributed by atoms with Crippen LogP contribution in [0, 0.1) is 40.5 Å². The standard InChI is InChI=1S/C50H46N2/c1-33-15-23-39(24-16-33)51(40-25-17-34(2)18-26-40)49-37(5)31-47(43-11-7-9-13-45(43)49)48-32-38(6)50(46-14-10-8-12-44(46)48)52(41-27-19-35(3)20-28-41)42-29-21-36(4)22-30-42/h7-32,45,49H,1-6H3. The lowest BCUT2D eigenvalue weighted by Crippen LogP contribution is -2.40. The Bertz CT molecular complexity index is 2300. The number of aryl methyl sites for hydroxylation is 5. The van der Waals surface area contributed by atoms with Crippen molar-refractivity contribution in [1.82, 2.24) is 0 Å². The fourth-order valence-corrected chi connectivity index (χ4v) is 8.07. The molecule has 0 aliphatic heterocycles. The molecule has 2 unspecified atom stereocenters. The molecule has 8 rings (SSSR count). The monoisotopic (exact) mass is 674 g/mol. The van der Waals surface area contributed by atoms with Crippen LogP contribution in [0.4, 0.5) is 28.4 Å². The second-order valence-electron chi connectivity index (χ2n) is 14.7. The van der Waals surface area contributed by atoms with Crippen molar-refractivity contribution in [2.75, 3.05) is 9.80 Å². The minimum Gasteiger partial charge on any atom is -0.333 e. The number of hydrogen-bond acceptors (Lipinski definition) is 2. The Hall–Kier alpha value is -5.86. The lowest BCUT2D eigenvalue weighted by Gasteiger charge is -2.42. The predicted octanol–water partition coefficient (Wildman–Crippen LogP) is 13.5. The van der Waals surface area contributed by atoms with E-state index in [9.17, 15) is 0 Å². The molecule has 52 heavy (non-hydrogen) atoms. The summed E-state index contributed by atoms with van der Waals surface area (Å²) in [6.07, 6.45) is 11.7. The molecule has 0 saturated carbocycles. The molecule has 0 radical (unpaired) electrons. The van der Waals surface area contributed by atoms with Gasteiger partial charge in [-0.05, 0) is 129 Å². The SMILES string of the molecule is CC1=CC(c2cc(C)c(N(c3ccc(C)cc3)c3ccc(C)cc3)c3ccccc23)=C2C=CC=CC2C1N(c1ccc(C)cc1)c1ccc(C)cc1. The van der Waals surface area contributed by atoms with E-state index in [4.69, 9.17) is 0 Å². The van der Waals surface area contributed by atoms with E-state index >= 15 is 0 Å². The third-order valence-electron chi connectivity index (χ3n) is 10.8. The van der Waals surface area contributed by atoms with Gasteiger partial charge in [-0.25, -0.2) is 0 Å². The molecule has 6 aromatic carbocycles. The van der Waals surface area contributed by atoms with Crippen LogP contribution in [0.15, 0.2) is 169 Å². The molecule has 2 nitrogen and oxygen atoms in total. The maximum Gasteiger partial charge on any atom is 0.0655 e. The van der Waals surface area contributed by atoms with Gasteiger partial charge in [0.1, 0.15) is 0 Å². The quantitative estimate of drug-likeness (QED) is 0.166. The van der Waals surface area contributed by atoms with Gasteiger partial charge >= 0.3 is 0 Å². The number of benzene rings is 6. The molecule has 0 amide bonds. The Morgan fingerprint density at radius 3 is 1.50 bits per heavy atom. The van der Waals surface area contributed by atoms with E-state index < -0.39 is 0 Å². The van der Waals surface area contributed by atoms with E-state index in [0.29, 0.717) is 0 Å². The minimum absolute atomic E-state index is 0.121. The zero-order valence-electron chi connectivity index (χ0n) is 31.1. The molecule has 6 aromatic rings. The summed E-state index contributed by atoms with van der Waals surface area (Å²) >= 11 is 0. The third kappa shape index (κ3) is 6.09. The number of fused-ring (bicyclic) bond motifs is 2. The van der Waals surface area contributed by atoms with Gasteiger partial charge in [0.05, 0.1) is 11.7 Å². The first-order valence-corrected chi connectivity index (χ1v) is 18.4. The lowest BCUT2D eigenvalue weighted by molar-refractivity contribution is 0.613. The average molecular weight is 675 g/mol. The molecule has 2 heteroatoms. The van der Waals surface area contributed by atoms with Gasteiger partial charge in [-0.1, -0.05) is 125 Å². The van der Waals surface area contributed by atoms with Gasteiger partial charge in [0, 0.05) is 34.1 Å². The highest BCUT2D eigenvalue weighted by atomic mass is 15.2. The van der Waals surface area contributed by atoms with Crippen LogP contribution in [0.5, 0.6) is 0 Å². The molecule has 0 spiro atoms. The van der Waals surface area contributed by atoms with Crippen LogP contribution in [-0.4, -0.2) is 6.04 Å². The molecule has 0 heterocycles. The van der Waals surface area contributed by atoms with Crippen molar-refractivity contribution in [2.45, 2.75) is 47.6 Å². The van der Waals surface area contributed by atoms with Crippen LogP contribution in [0.2, 0.25) is 0 Å². The van der Waals surface area contributed by atoms with Gasteiger partial charge in [-0.2, -0.15) is 0 Å². The van der Waals surface area contributed by atoms with Crippen LogP contribution < -0.4 is 9.80 Å². The van der Waals surface area contributed by atoms with Crippen LogP contribution in [0.1, 0.15) is 40.3 Å². The number of allylic oxidation sites excluding steroid dienone is 5. The third-order valence-corrected chi connectivity index (χ3v) is 10.8. The second kappa shape index (κ2) is 13.7. The van der Waals surface area contributed by atoms with Gasteiger partial charge in [0.15, 0.2) is 0 Å².